The predicted octanol–water partition coefficient (Wildman–Crippen LogP) is 4.25. The maximum atomic E-state index is 12.2. The highest BCUT2D eigenvalue weighted by atomic mass is 79.9. The summed E-state index contributed by atoms with van der Waals surface area (Å²) < 4.78 is 51.1. The Kier molecular flexibility index (Phi) is 6.55. The maximum Gasteiger partial charge on any atom is 0.573 e. The summed E-state index contributed by atoms with van der Waals surface area (Å²) in [4.78, 5) is 11.4. The molecule has 0 aliphatic carbocycles. The van der Waals surface area contributed by atoms with E-state index in [2.05, 4.69) is 26.0 Å². The number of hydrogen-bond acceptors (Lipinski definition) is 4. The van der Waals surface area contributed by atoms with Crippen LogP contribution in [0.1, 0.15) is 20.8 Å². The molecule has 1 aromatic rings. The minimum atomic E-state index is -4.77. The Balaban J connectivity index is 2.48. The van der Waals surface area contributed by atoms with Crippen molar-refractivity contribution in [3.63, 3.8) is 0 Å². The van der Waals surface area contributed by atoms with E-state index in [9.17, 15) is 18.0 Å². The number of halogens is 4. The van der Waals surface area contributed by atoms with Gasteiger partial charge in [0.1, 0.15) is 23.7 Å². The normalized spacial score (nSPS) is 11.8. The van der Waals surface area contributed by atoms with Crippen molar-refractivity contribution in [2.45, 2.75) is 32.7 Å². The molecule has 0 aromatic heterocycles. The second-order valence-electron chi connectivity index (χ2n) is 5.42. The van der Waals surface area contributed by atoms with E-state index in [1.165, 1.54) is 6.07 Å². The van der Waals surface area contributed by atoms with Crippen molar-refractivity contribution in [3.8, 4) is 11.5 Å². The fourth-order valence-electron chi connectivity index (χ4n) is 1.42. The van der Waals surface area contributed by atoms with Crippen molar-refractivity contribution in [1.29, 1.82) is 0 Å². The standard InChI is InChI=1S/C14H17BrF3NO4/c1-13(2,3)23-12(20)19-6-7-21-11-8-9(4-5-10(11)15)22-14(16,17)18/h4-5,8H,6-7H2,1-3H3,(H,19,20). The van der Waals surface area contributed by atoms with E-state index in [0.717, 1.165) is 12.1 Å². The van der Waals surface area contributed by atoms with E-state index in [-0.39, 0.29) is 18.9 Å². The van der Waals surface area contributed by atoms with Crippen molar-refractivity contribution in [3.05, 3.63) is 22.7 Å². The first-order valence-corrected chi connectivity index (χ1v) is 7.40. The molecular formula is C14H17BrF3NO4. The first-order valence-electron chi connectivity index (χ1n) is 6.61. The molecule has 1 amide bonds. The van der Waals surface area contributed by atoms with Crippen molar-refractivity contribution in [2.24, 2.45) is 0 Å². The number of hydrogen-bond donors (Lipinski definition) is 1. The highest BCUT2D eigenvalue weighted by Gasteiger charge is 2.31. The van der Waals surface area contributed by atoms with Gasteiger partial charge in [-0.2, -0.15) is 0 Å². The van der Waals surface area contributed by atoms with E-state index < -0.39 is 23.8 Å². The number of rotatable bonds is 5. The van der Waals surface area contributed by atoms with E-state index in [4.69, 9.17) is 9.47 Å². The zero-order valence-corrected chi connectivity index (χ0v) is 14.4. The molecule has 0 radical (unpaired) electrons. The summed E-state index contributed by atoms with van der Waals surface area (Å²) in [5.74, 6) is -0.228. The largest absolute Gasteiger partial charge is 0.573 e. The molecule has 0 fully saturated rings. The van der Waals surface area contributed by atoms with Crippen molar-refractivity contribution in [2.75, 3.05) is 13.2 Å². The van der Waals surface area contributed by atoms with Crippen molar-refractivity contribution in [1.82, 2.24) is 5.32 Å². The van der Waals surface area contributed by atoms with Crippen LogP contribution >= 0.6 is 15.9 Å². The number of ether oxygens (including phenoxy) is 3. The second-order valence-corrected chi connectivity index (χ2v) is 6.27. The first kappa shape index (κ1) is 19.4. The molecule has 0 spiro atoms. The third kappa shape index (κ3) is 8.53. The Morgan fingerprint density at radius 2 is 1.91 bits per heavy atom. The Hall–Kier alpha value is -1.64. The van der Waals surface area contributed by atoms with Gasteiger partial charge in [-0.15, -0.1) is 13.2 Å². The molecule has 0 atom stereocenters. The SMILES string of the molecule is CC(C)(C)OC(=O)NCCOc1cc(OC(F)(F)F)ccc1Br. The predicted molar refractivity (Wildman–Crippen MR) is 80.6 cm³/mol. The van der Waals surface area contributed by atoms with Gasteiger partial charge in [0, 0.05) is 6.07 Å². The number of alkyl halides is 3. The molecule has 1 N–H and O–H groups in total. The van der Waals surface area contributed by atoms with Gasteiger partial charge in [0.2, 0.25) is 0 Å². The minimum Gasteiger partial charge on any atom is -0.490 e. The molecule has 0 saturated heterocycles. The molecule has 0 heterocycles. The summed E-state index contributed by atoms with van der Waals surface area (Å²) in [6.07, 6.45) is -5.38. The van der Waals surface area contributed by atoms with Crippen LogP contribution in [0.2, 0.25) is 0 Å². The topological polar surface area (TPSA) is 56.8 Å². The summed E-state index contributed by atoms with van der Waals surface area (Å²) in [6.45, 7) is 5.37. The lowest BCUT2D eigenvalue weighted by Crippen LogP contribution is -2.34. The van der Waals surface area contributed by atoms with E-state index in [1.807, 2.05) is 0 Å². The minimum absolute atomic E-state index is 0.0489. The van der Waals surface area contributed by atoms with Crippen LogP contribution in [0, 0.1) is 0 Å². The molecule has 0 bridgehead atoms. The summed E-state index contributed by atoms with van der Waals surface area (Å²) in [5.41, 5.74) is -0.614. The molecule has 130 valence electrons. The lowest BCUT2D eigenvalue weighted by Gasteiger charge is -2.19. The number of nitrogens with one attached hydrogen (secondary N) is 1. The van der Waals surface area contributed by atoms with E-state index >= 15 is 0 Å². The Morgan fingerprint density at radius 1 is 1.26 bits per heavy atom. The van der Waals surface area contributed by atoms with Crippen LogP contribution in [0.3, 0.4) is 0 Å². The van der Waals surface area contributed by atoms with Crippen LogP contribution in [0.4, 0.5) is 18.0 Å². The molecular weight excluding hydrogens is 383 g/mol. The van der Waals surface area contributed by atoms with Gasteiger partial charge in [0.25, 0.3) is 0 Å². The summed E-state index contributed by atoms with van der Waals surface area (Å²) in [7, 11) is 0. The van der Waals surface area contributed by atoms with Crippen LogP contribution < -0.4 is 14.8 Å². The molecule has 9 heteroatoms. The van der Waals surface area contributed by atoms with Gasteiger partial charge in [0.15, 0.2) is 0 Å². The van der Waals surface area contributed by atoms with E-state index in [1.54, 1.807) is 20.8 Å². The van der Waals surface area contributed by atoms with Gasteiger partial charge in [-0.25, -0.2) is 4.79 Å². The molecule has 1 rings (SSSR count). The van der Waals surface area contributed by atoms with Crippen molar-refractivity contribution < 1.29 is 32.2 Å². The molecule has 1 aromatic carbocycles. The van der Waals surface area contributed by atoms with Gasteiger partial charge in [-0.05, 0) is 48.8 Å². The zero-order chi connectivity index (χ0) is 17.7. The fraction of sp³-hybridized carbons (Fsp3) is 0.500. The average Bonchev–Trinajstić information content (AvgIpc) is 2.34. The summed E-state index contributed by atoms with van der Waals surface area (Å²) in [6, 6.07) is 3.63. The number of benzene rings is 1. The molecule has 0 unspecified atom stereocenters. The van der Waals surface area contributed by atoms with Gasteiger partial charge < -0.3 is 19.5 Å². The van der Waals surface area contributed by atoms with Gasteiger partial charge in [-0.1, -0.05) is 0 Å². The van der Waals surface area contributed by atoms with Gasteiger partial charge >= 0.3 is 12.5 Å². The van der Waals surface area contributed by atoms with Crippen LogP contribution in [0.5, 0.6) is 11.5 Å². The number of amides is 1. The molecule has 0 saturated carbocycles. The maximum absolute atomic E-state index is 12.2. The number of carbonyl (C=O) groups excluding carboxylic acids is 1. The lowest BCUT2D eigenvalue weighted by atomic mass is 10.2. The number of carbonyl (C=O) groups is 1. The van der Waals surface area contributed by atoms with Crippen LogP contribution in [0.25, 0.3) is 0 Å². The molecule has 23 heavy (non-hydrogen) atoms. The fourth-order valence-corrected chi connectivity index (χ4v) is 1.78. The zero-order valence-electron chi connectivity index (χ0n) is 12.8. The molecule has 5 nitrogen and oxygen atoms in total. The van der Waals surface area contributed by atoms with Crippen LogP contribution in [-0.2, 0) is 4.74 Å². The second kappa shape index (κ2) is 7.76. The highest BCUT2D eigenvalue weighted by molar-refractivity contribution is 9.10. The quantitative estimate of drug-likeness (QED) is 0.751. The summed E-state index contributed by atoms with van der Waals surface area (Å²) >= 11 is 3.16. The summed E-state index contributed by atoms with van der Waals surface area (Å²) in [5, 5.41) is 2.47. The smallest absolute Gasteiger partial charge is 0.490 e. The Labute approximate surface area is 140 Å². The Bertz CT molecular complexity index is 544. The van der Waals surface area contributed by atoms with Crippen LogP contribution in [0.15, 0.2) is 22.7 Å². The third-order valence-corrected chi connectivity index (χ3v) is 2.82. The van der Waals surface area contributed by atoms with E-state index in [0.29, 0.717) is 4.47 Å². The van der Waals surface area contributed by atoms with Gasteiger partial charge in [0.05, 0.1) is 11.0 Å². The van der Waals surface area contributed by atoms with Crippen molar-refractivity contribution >= 4 is 22.0 Å². The highest BCUT2D eigenvalue weighted by Crippen LogP contribution is 2.32. The average molecular weight is 400 g/mol. The monoisotopic (exact) mass is 399 g/mol. The van der Waals surface area contributed by atoms with Gasteiger partial charge in [-0.3, -0.25) is 0 Å². The third-order valence-electron chi connectivity index (χ3n) is 2.16. The number of alkyl carbamates (subject to hydrolysis) is 1. The Morgan fingerprint density at radius 3 is 2.48 bits per heavy atom. The van der Waals surface area contributed by atoms with Crippen LogP contribution in [-0.4, -0.2) is 31.2 Å². The lowest BCUT2D eigenvalue weighted by molar-refractivity contribution is -0.274. The molecule has 0 aliphatic heterocycles. The first-order chi connectivity index (χ1) is 10.5. The molecule has 0 aliphatic rings.